The Morgan fingerprint density at radius 3 is 2.41 bits per heavy atom. The second-order valence-electron chi connectivity index (χ2n) is 5.15. The van der Waals surface area contributed by atoms with E-state index in [1.54, 1.807) is 0 Å². The van der Waals surface area contributed by atoms with Crippen LogP contribution in [-0.2, 0) is 0 Å². The van der Waals surface area contributed by atoms with E-state index in [4.69, 9.17) is 0 Å². The van der Waals surface area contributed by atoms with Crippen molar-refractivity contribution in [2.45, 2.75) is 44.6 Å². The van der Waals surface area contributed by atoms with Gasteiger partial charge in [-0.15, -0.1) is 0 Å². The zero-order valence-electron chi connectivity index (χ0n) is 10.7. The number of hydrogen-bond acceptors (Lipinski definition) is 2. The van der Waals surface area contributed by atoms with Crippen LogP contribution in [0.15, 0.2) is 30.3 Å². The summed E-state index contributed by atoms with van der Waals surface area (Å²) in [4.78, 5) is 2.38. The van der Waals surface area contributed by atoms with Crippen LogP contribution in [0.3, 0.4) is 0 Å². The van der Waals surface area contributed by atoms with Gasteiger partial charge < -0.3 is 10.0 Å². The Morgan fingerprint density at radius 2 is 1.82 bits per heavy atom. The largest absolute Gasteiger partial charge is 0.390 e. The topological polar surface area (TPSA) is 23.5 Å². The van der Waals surface area contributed by atoms with Crippen molar-refractivity contribution in [1.82, 2.24) is 0 Å². The summed E-state index contributed by atoms with van der Waals surface area (Å²) in [6.45, 7) is 4.14. The molecule has 2 nitrogen and oxygen atoms in total. The van der Waals surface area contributed by atoms with Crippen LogP contribution in [0.5, 0.6) is 0 Å². The van der Waals surface area contributed by atoms with Gasteiger partial charge in [0.15, 0.2) is 0 Å². The maximum Gasteiger partial charge on any atom is 0.0681 e. The minimum atomic E-state index is -0.401. The quantitative estimate of drug-likeness (QED) is 0.863. The molecule has 0 aliphatic carbocycles. The van der Waals surface area contributed by atoms with Gasteiger partial charge >= 0.3 is 0 Å². The third kappa shape index (κ3) is 3.22. The normalized spacial score (nSPS) is 19.3. The van der Waals surface area contributed by atoms with Crippen LogP contribution in [0, 0.1) is 0 Å². The predicted octanol–water partition coefficient (Wildman–Crippen LogP) is 3.21. The Labute approximate surface area is 104 Å². The zero-order chi connectivity index (χ0) is 12.1. The molecule has 1 aliphatic heterocycles. The van der Waals surface area contributed by atoms with Gasteiger partial charge in [0.1, 0.15) is 0 Å². The fraction of sp³-hybridized carbons (Fsp3) is 0.600. The summed E-state index contributed by atoms with van der Waals surface area (Å²) in [5, 5.41) is 10.4. The monoisotopic (exact) mass is 233 g/mol. The van der Waals surface area contributed by atoms with Crippen molar-refractivity contribution >= 4 is 5.69 Å². The first kappa shape index (κ1) is 12.4. The molecule has 2 heteroatoms. The van der Waals surface area contributed by atoms with Crippen molar-refractivity contribution in [3.05, 3.63) is 30.3 Å². The van der Waals surface area contributed by atoms with E-state index >= 15 is 0 Å². The first-order valence-electron chi connectivity index (χ1n) is 6.76. The fourth-order valence-electron chi connectivity index (χ4n) is 2.58. The van der Waals surface area contributed by atoms with Gasteiger partial charge in [-0.05, 0) is 31.4 Å². The molecular formula is C15H23NO. The number of rotatable bonds is 4. The maximum atomic E-state index is 10.4. The highest BCUT2D eigenvalue weighted by Gasteiger charge is 2.31. The summed E-state index contributed by atoms with van der Waals surface area (Å²) in [5.74, 6) is 0. The van der Waals surface area contributed by atoms with E-state index in [1.165, 1.54) is 12.1 Å². The molecule has 0 amide bonds. The predicted molar refractivity (Wildman–Crippen MR) is 72.4 cm³/mol. The Balaban J connectivity index is 1.90. The van der Waals surface area contributed by atoms with E-state index in [-0.39, 0.29) is 0 Å². The molecule has 2 rings (SSSR count). The second kappa shape index (κ2) is 5.54. The average Bonchev–Trinajstić information content (AvgIpc) is 2.38. The molecule has 0 saturated carbocycles. The SMILES string of the molecule is CCCCC1(O)CCN(c2ccccc2)CC1. The molecule has 0 bridgehead atoms. The summed E-state index contributed by atoms with van der Waals surface area (Å²) >= 11 is 0. The van der Waals surface area contributed by atoms with Gasteiger partial charge in [-0.3, -0.25) is 0 Å². The summed E-state index contributed by atoms with van der Waals surface area (Å²) in [6.07, 6.45) is 5.09. The molecule has 1 aromatic carbocycles. The zero-order valence-corrected chi connectivity index (χ0v) is 10.7. The minimum Gasteiger partial charge on any atom is -0.390 e. The third-order valence-corrected chi connectivity index (χ3v) is 3.81. The molecule has 1 heterocycles. The molecule has 0 radical (unpaired) electrons. The summed E-state index contributed by atoms with van der Waals surface area (Å²) in [6, 6.07) is 10.5. The molecule has 0 spiro atoms. The highest BCUT2D eigenvalue weighted by Crippen LogP contribution is 2.29. The molecule has 1 aliphatic rings. The Kier molecular flexibility index (Phi) is 4.06. The van der Waals surface area contributed by atoms with Crippen molar-refractivity contribution in [3.63, 3.8) is 0 Å². The molecule has 0 unspecified atom stereocenters. The van der Waals surface area contributed by atoms with Crippen molar-refractivity contribution < 1.29 is 5.11 Å². The van der Waals surface area contributed by atoms with E-state index < -0.39 is 5.60 Å². The molecule has 1 fully saturated rings. The van der Waals surface area contributed by atoms with Crippen LogP contribution in [0.1, 0.15) is 39.0 Å². The standard InChI is InChI=1S/C15H23NO/c1-2-3-9-15(17)10-12-16(13-11-15)14-7-5-4-6-8-14/h4-8,17H,2-3,9-13H2,1H3. The molecule has 1 aromatic rings. The van der Waals surface area contributed by atoms with E-state index in [0.717, 1.165) is 38.8 Å². The number of hydrogen-bond donors (Lipinski definition) is 1. The van der Waals surface area contributed by atoms with E-state index in [9.17, 15) is 5.11 Å². The smallest absolute Gasteiger partial charge is 0.0681 e. The van der Waals surface area contributed by atoms with Gasteiger partial charge in [-0.1, -0.05) is 38.0 Å². The van der Waals surface area contributed by atoms with Crippen LogP contribution in [-0.4, -0.2) is 23.8 Å². The lowest BCUT2D eigenvalue weighted by molar-refractivity contribution is 0.00611. The lowest BCUT2D eigenvalue weighted by Crippen LogP contribution is -2.44. The molecule has 94 valence electrons. The number of piperidine rings is 1. The Morgan fingerprint density at radius 1 is 1.18 bits per heavy atom. The van der Waals surface area contributed by atoms with Crippen molar-refractivity contribution in [2.75, 3.05) is 18.0 Å². The maximum absolute atomic E-state index is 10.4. The highest BCUT2D eigenvalue weighted by atomic mass is 16.3. The molecule has 1 N–H and O–H groups in total. The van der Waals surface area contributed by atoms with Gasteiger partial charge in [0.2, 0.25) is 0 Å². The van der Waals surface area contributed by atoms with Crippen molar-refractivity contribution in [2.24, 2.45) is 0 Å². The van der Waals surface area contributed by atoms with Gasteiger partial charge in [0.05, 0.1) is 5.60 Å². The van der Waals surface area contributed by atoms with E-state index in [0.29, 0.717) is 0 Å². The highest BCUT2D eigenvalue weighted by molar-refractivity contribution is 5.46. The van der Waals surface area contributed by atoms with Crippen LogP contribution in [0.4, 0.5) is 5.69 Å². The summed E-state index contributed by atoms with van der Waals surface area (Å²) in [7, 11) is 0. The first-order valence-corrected chi connectivity index (χ1v) is 6.76. The molecular weight excluding hydrogens is 210 g/mol. The third-order valence-electron chi connectivity index (χ3n) is 3.81. The van der Waals surface area contributed by atoms with Crippen molar-refractivity contribution in [3.8, 4) is 0 Å². The van der Waals surface area contributed by atoms with Gasteiger partial charge in [0.25, 0.3) is 0 Å². The Bertz CT molecular complexity index is 328. The fourth-order valence-corrected chi connectivity index (χ4v) is 2.58. The van der Waals surface area contributed by atoms with Gasteiger partial charge in [-0.25, -0.2) is 0 Å². The van der Waals surface area contributed by atoms with Gasteiger partial charge in [-0.2, -0.15) is 0 Å². The molecule has 0 atom stereocenters. The molecule has 1 saturated heterocycles. The number of benzene rings is 1. The van der Waals surface area contributed by atoms with Crippen LogP contribution in [0.2, 0.25) is 0 Å². The number of para-hydroxylation sites is 1. The second-order valence-corrected chi connectivity index (χ2v) is 5.15. The summed E-state index contributed by atoms with van der Waals surface area (Å²) < 4.78 is 0. The molecule has 0 aromatic heterocycles. The number of aliphatic hydroxyl groups is 1. The Hall–Kier alpha value is -1.02. The van der Waals surface area contributed by atoms with Gasteiger partial charge in [0, 0.05) is 18.8 Å². The van der Waals surface area contributed by atoms with Crippen LogP contribution < -0.4 is 4.90 Å². The minimum absolute atomic E-state index is 0.401. The summed E-state index contributed by atoms with van der Waals surface area (Å²) in [5.41, 5.74) is 0.881. The lowest BCUT2D eigenvalue weighted by atomic mass is 9.86. The van der Waals surface area contributed by atoms with Crippen molar-refractivity contribution in [1.29, 1.82) is 0 Å². The molecule has 17 heavy (non-hydrogen) atoms. The van der Waals surface area contributed by atoms with Crippen LogP contribution in [0.25, 0.3) is 0 Å². The number of anilines is 1. The number of nitrogens with zero attached hydrogens (tertiary/aromatic N) is 1. The van der Waals surface area contributed by atoms with Crippen LogP contribution >= 0.6 is 0 Å². The van der Waals surface area contributed by atoms with E-state index in [1.807, 2.05) is 6.07 Å². The number of unbranched alkanes of at least 4 members (excludes halogenated alkanes) is 1. The average molecular weight is 233 g/mol. The lowest BCUT2D eigenvalue weighted by Gasteiger charge is -2.39. The first-order chi connectivity index (χ1) is 8.23. The van der Waals surface area contributed by atoms with E-state index in [2.05, 4.69) is 36.1 Å².